The monoisotopic (exact) mass is 222 g/mol. The van der Waals surface area contributed by atoms with Crippen LogP contribution in [0.25, 0.3) is 10.2 Å². The van der Waals surface area contributed by atoms with Gasteiger partial charge in [-0.1, -0.05) is 17.4 Å². The standard InChI is InChI=1S/C10H10N2O2S/c1-7-3-4-8-9(5-7)15-10(12-8)11-6-14-13-2/h3-6H,1-2H3/b11-6-. The van der Waals surface area contributed by atoms with Crippen molar-refractivity contribution >= 4 is 33.1 Å². The summed E-state index contributed by atoms with van der Waals surface area (Å²) in [6.45, 7) is 2.05. The van der Waals surface area contributed by atoms with Gasteiger partial charge in [0.05, 0.1) is 17.3 Å². The smallest absolute Gasteiger partial charge is 0.222 e. The molecule has 0 saturated heterocycles. The van der Waals surface area contributed by atoms with E-state index in [-0.39, 0.29) is 0 Å². The average Bonchev–Trinajstić information content (AvgIpc) is 2.60. The van der Waals surface area contributed by atoms with Crippen LogP contribution in [-0.2, 0) is 9.78 Å². The lowest BCUT2D eigenvalue weighted by atomic mass is 10.2. The van der Waals surface area contributed by atoms with Crippen LogP contribution in [0.1, 0.15) is 5.56 Å². The Morgan fingerprint density at radius 3 is 3.13 bits per heavy atom. The van der Waals surface area contributed by atoms with Crippen molar-refractivity contribution in [3.63, 3.8) is 0 Å². The fraction of sp³-hybridized carbons (Fsp3) is 0.200. The van der Waals surface area contributed by atoms with E-state index in [1.807, 2.05) is 12.1 Å². The lowest BCUT2D eigenvalue weighted by Crippen LogP contribution is -1.82. The number of hydrogen-bond donors (Lipinski definition) is 0. The minimum Gasteiger partial charge on any atom is -0.325 e. The van der Waals surface area contributed by atoms with Gasteiger partial charge >= 0.3 is 0 Å². The minimum atomic E-state index is 0.660. The summed E-state index contributed by atoms with van der Waals surface area (Å²) >= 11 is 1.52. The molecule has 0 aliphatic rings. The molecular formula is C10H10N2O2S. The van der Waals surface area contributed by atoms with Gasteiger partial charge in [-0.25, -0.2) is 4.98 Å². The van der Waals surface area contributed by atoms with Crippen LogP contribution in [0.2, 0.25) is 0 Å². The van der Waals surface area contributed by atoms with Crippen LogP contribution in [0.15, 0.2) is 23.2 Å². The van der Waals surface area contributed by atoms with Crippen molar-refractivity contribution in [2.45, 2.75) is 6.92 Å². The zero-order valence-electron chi connectivity index (χ0n) is 8.43. The number of aryl methyl sites for hydroxylation is 1. The Labute approximate surface area is 91.1 Å². The topological polar surface area (TPSA) is 43.7 Å². The van der Waals surface area contributed by atoms with Crippen molar-refractivity contribution < 1.29 is 9.78 Å². The van der Waals surface area contributed by atoms with E-state index >= 15 is 0 Å². The summed E-state index contributed by atoms with van der Waals surface area (Å²) in [4.78, 5) is 17.2. The Bertz CT molecular complexity index is 493. The third-order valence-corrected chi connectivity index (χ3v) is 2.76. The first-order chi connectivity index (χ1) is 7.29. The van der Waals surface area contributed by atoms with Gasteiger partial charge in [0.25, 0.3) is 0 Å². The number of aromatic nitrogens is 1. The van der Waals surface area contributed by atoms with Gasteiger partial charge in [0.1, 0.15) is 0 Å². The van der Waals surface area contributed by atoms with E-state index in [0.717, 1.165) is 10.2 Å². The van der Waals surface area contributed by atoms with Gasteiger partial charge in [-0.05, 0) is 24.6 Å². The van der Waals surface area contributed by atoms with E-state index in [2.05, 4.69) is 32.7 Å². The molecule has 0 radical (unpaired) electrons. The van der Waals surface area contributed by atoms with E-state index in [4.69, 9.17) is 0 Å². The highest BCUT2D eigenvalue weighted by atomic mass is 32.1. The normalized spacial score (nSPS) is 11.3. The third-order valence-electron chi connectivity index (χ3n) is 1.84. The molecule has 1 heterocycles. The van der Waals surface area contributed by atoms with E-state index in [9.17, 15) is 0 Å². The van der Waals surface area contributed by atoms with Gasteiger partial charge < -0.3 is 4.89 Å². The summed E-state index contributed by atoms with van der Waals surface area (Å²) in [5.74, 6) is 0. The minimum absolute atomic E-state index is 0.660. The summed E-state index contributed by atoms with van der Waals surface area (Å²) in [6.07, 6.45) is 1.23. The van der Waals surface area contributed by atoms with Crippen LogP contribution in [0, 0.1) is 6.92 Å². The molecule has 0 unspecified atom stereocenters. The number of rotatable bonds is 3. The number of fused-ring (bicyclic) bond motifs is 1. The van der Waals surface area contributed by atoms with E-state index < -0.39 is 0 Å². The lowest BCUT2D eigenvalue weighted by molar-refractivity contribution is -0.187. The van der Waals surface area contributed by atoms with Crippen LogP contribution < -0.4 is 0 Å². The zero-order chi connectivity index (χ0) is 10.7. The van der Waals surface area contributed by atoms with Crippen LogP contribution in [0.3, 0.4) is 0 Å². The van der Waals surface area contributed by atoms with E-state index in [0.29, 0.717) is 5.13 Å². The molecule has 0 saturated carbocycles. The summed E-state index contributed by atoms with van der Waals surface area (Å²) in [5.41, 5.74) is 2.17. The van der Waals surface area contributed by atoms with Crippen molar-refractivity contribution in [2.24, 2.45) is 4.99 Å². The van der Waals surface area contributed by atoms with Crippen molar-refractivity contribution in [3.05, 3.63) is 23.8 Å². The Kier molecular flexibility index (Phi) is 2.94. The molecule has 4 nitrogen and oxygen atoms in total. The lowest BCUT2D eigenvalue weighted by Gasteiger charge is -1.88. The molecule has 1 aromatic carbocycles. The van der Waals surface area contributed by atoms with Crippen molar-refractivity contribution in [1.29, 1.82) is 0 Å². The first-order valence-electron chi connectivity index (χ1n) is 4.39. The zero-order valence-corrected chi connectivity index (χ0v) is 9.25. The highest BCUT2D eigenvalue weighted by molar-refractivity contribution is 7.22. The maximum atomic E-state index is 4.53. The second-order valence-electron chi connectivity index (χ2n) is 2.97. The molecule has 0 spiro atoms. The summed E-state index contributed by atoms with van der Waals surface area (Å²) in [5, 5.41) is 0.660. The van der Waals surface area contributed by atoms with Gasteiger partial charge in [0.15, 0.2) is 0 Å². The molecule has 15 heavy (non-hydrogen) atoms. The molecule has 0 amide bonds. The van der Waals surface area contributed by atoms with Crippen molar-refractivity contribution in [2.75, 3.05) is 7.11 Å². The second-order valence-corrected chi connectivity index (χ2v) is 3.97. The Morgan fingerprint density at radius 2 is 2.33 bits per heavy atom. The van der Waals surface area contributed by atoms with Gasteiger partial charge in [0.2, 0.25) is 11.5 Å². The summed E-state index contributed by atoms with van der Waals surface area (Å²) in [6, 6.07) is 6.10. The third kappa shape index (κ3) is 2.31. The van der Waals surface area contributed by atoms with Gasteiger partial charge in [0, 0.05) is 0 Å². The maximum Gasteiger partial charge on any atom is 0.222 e. The van der Waals surface area contributed by atoms with Gasteiger partial charge in [-0.2, -0.15) is 9.88 Å². The van der Waals surface area contributed by atoms with E-state index in [1.54, 1.807) is 0 Å². The largest absolute Gasteiger partial charge is 0.325 e. The molecule has 78 valence electrons. The van der Waals surface area contributed by atoms with Crippen LogP contribution in [-0.4, -0.2) is 18.5 Å². The number of aliphatic imine (C=N–C) groups is 1. The SMILES string of the molecule is COO/C=N\c1nc2ccc(C)cc2s1. The van der Waals surface area contributed by atoms with Crippen LogP contribution >= 0.6 is 11.3 Å². The molecule has 0 aliphatic carbocycles. The predicted molar refractivity (Wildman–Crippen MR) is 60.6 cm³/mol. The van der Waals surface area contributed by atoms with Crippen LogP contribution in [0.5, 0.6) is 0 Å². The first-order valence-corrected chi connectivity index (χ1v) is 5.20. The maximum absolute atomic E-state index is 4.53. The fourth-order valence-corrected chi connectivity index (χ4v) is 2.08. The quantitative estimate of drug-likeness (QED) is 0.347. The highest BCUT2D eigenvalue weighted by Crippen LogP contribution is 2.28. The molecule has 0 fully saturated rings. The molecule has 0 aliphatic heterocycles. The summed E-state index contributed by atoms with van der Waals surface area (Å²) in [7, 11) is 1.42. The highest BCUT2D eigenvalue weighted by Gasteiger charge is 2.01. The molecule has 0 N–H and O–H groups in total. The van der Waals surface area contributed by atoms with Gasteiger partial charge in [-0.3, -0.25) is 0 Å². The molecule has 1 aromatic heterocycles. The Hall–Kier alpha value is -1.46. The fourth-order valence-electron chi connectivity index (χ4n) is 1.18. The molecule has 0 atom stereocenters. The number of thiazole rings is 1. The number of nitrogens with zero attached hydrogens (tertiary/aromatic N) is 2. The second kappa shape index (κ2) is 4.37. The molecular weight excluding hydrogens is 212 g/mol. The average molecular weight is 222 g/mol. The Morgan fingerprint density at radius 1 is 1.47 bits per heavy atom. The molecule has 5 heteroatoms. The summed E-state index contributed by atoms with van der Waals surface area (Å²) < 4.78 is 1.12. The van der Waals surface area contributed by atoms with Gasteiger partial charge in [-0.15, -0.1) is 0 Å². The predicted octanol–water partition coefficient (Wildman–Crippen LogP) is 2.84. The number of benzene rings is 1. The first kappa shape index (κ1) is 10.1. The van der Waals surface area contributed by atoms with Crippen molar-refractivity contribution in [1.82, 2.24) is 4.98 Å². The molecule has 2 aromatic rings. The van der Waals surface area contributed by atoms with Crippen LogP contribution in [0.4, 0.5) is 5.13 Å². The molecule has 0 bridgehead atoms. The number of hydrogen-bond acceptors (Lipinski definition) is 5. The Balaban J connectivity index is 2.30. The molecule has 2 rings (SSSR count). The van der Waals surface area contributed by atoms with Crippen molar-refractivity contribution in [3.8, 4) is 0 Å². The van der Waals surface area contributed by atoms with E-state index in [1.165, 1.54) is 30.4 Å².